The summed E-state index contributed by atoms with van der Waals surface area (Å²) in [5.74, 6) is 0. The zero-order valence-corrected chi connectivity index (χ0v) is 8.96. The monoisotopic (exact) mass is 203 g/mol. The molecule has 0 bridgehead atoms. The lowest BCUT2D eigenvalue weighted by molar-refractivity contribution is 0.223. The molecule has 4 heteroatoms. The average molecular weight is 203 g/mol. The summed E-state index contributed by atoms with van der Waals surface area (Å²) in [6, 6.07) is 0. The maximum absolute atomic E-state index is 11.3. The Labute approximate surface area is 79.7 Å². The van der Waals surface area contributed by atoms with Crippen molar-refractivity contribution in [2.24, 2.45) is 0 Å². The topological polar surface area (TPSA) is 46.5 Å². The second-order valence-electron chi connectivity index (χ2n) is 3.58. The van der Waals surface area contributed by atoms with Crippen LogP contribution in [-0.4, -0.2) is 23.5 Å². The Kier molecular flexibility index (Phi) is 4.04. The number of hydrogen-bond donors (Lipinski definition) is 1. The molecule has 2 atom stereocenters. The van der Waals surface area contributed by atoms with E-state index in [2.05, 4.69) is 0 Å². The zero-order valence-electron chi connectivity index (χ0n) is 8.06. The minimum Gasteiger partial charge on any atom is -0.389 e. The van der Waals surface area contributed by atoms with Crippen molar-refractivity contribution in [3.05, 3.63) is 11.6 Å². The summed E-state index contributed by atoms with van der Waals surface area (Å²) in [6.07, 6.45) is 3.55. The highest BCUT2D eigenvalue weighted by Gasteiger charge is 2.25. The van der Waals surface area contributed by atoms with Crippen LogP contribution in [0.15, 0.2) is 11.6 Å². The highest BCUT2D eigenvalue weighted by Crippen LogP contribution is 2.31. The van der Waals surface area contributed by atoms with Crippen molar-refractivity contribution >= 4 is 8.03 Å². The van der Waals surface area contributed by atoms with Crippen LogP contribution in [-0.2, 0) is 9.09 Å². The highest BCUT2D eigenvalue weighted by molar-refractivity contribution is 7.39. The van der Waals surface area contributed by atoms with Gasteiger partial charge >= 0.3 is 8.03 Å². The van der Waals surface area contributed by atoms with Crippen LogP contribution >= 0.6 is 8.03 Å². The van der Waals surface area contributed by atoms with Crippen molar-refractivity contribution in [1.82, 2.24) is 0 Å². The third-order valence-corrected chi connectivity index (χ3v) is 3.17. The SMILES string of the molecule is CC(C)O[P+](=O)CC1=CC(O)CC1. The van der Waals surface area contributed by atoms with Crippen LogP contribution in [0.5, 0.6) is 0 Å². The lowest BCUT2D eigenvalue weighted by Gasteiger charge is -1.94. The smallest absolute Gasteiger partial charge is 0.389 e. The maximum Gasteiger partial charge on any atom is 0.512 e. The van der Waals surface area contributed by atoms with E-state index in [0.717, 1.165) is 18.4 Å². The van der Waals surface area contributed by atoms with Crippen molar-refractivity contribution < 1.29 is 14.2 Å². The van der Waals surface area contributed by atoms with Crippen molar-refractivity contribution in [1.29, 1.82) is 0 Å². The fraction of sp³-hybridized carbons (Fsp3) is 0.778. The van der Waals surface area contributed by atoms with E-state index in [1.165, 1.54) is 0 Å². The third kappa shape index (κ3) is 3.99. The Bertz CT molecular complexity index is 223. The number of aliphatic hydroxyl groups excluding tert-OH is 1. The maximum atomic E-state index is 11.3. The Morgan fingerprint density at radius 1 is 1.77 bits per heavy atom. The van der Waals surface area contributed by atoms with E-state index in [-0.39, 0.29) is 12.2 Å². The van der Waals surface area contributed by atoms with Gasteiger partial charge in [0.2, 0.25) is 0 Å². The summed E-state index contributed by atoms with van der Waals surface area (Å²) >= 11 is 0. The van der Waals surface area contributed by atoms with Crippen molar-refractivity contribution in [3.8, 4) is 0 Å². The molecule has 1 rings (SSSR count). The number of hydrogen-bond acceptors (Lipinski definition) is 3. The fourth-order valence-electron chi connectivity index (χ4n) is 1.34. The molecule has 0 radical (unpaired) electrons. The first kappa shape index (κ1) is 10.8. The molecule has 0 fully saturated rings. The summed E-state index contributed by atoms with van der Waals surface area (Å²) in [5, 5.41) is 9.18. The zero-order chi connectivity index (χ0) is 9.84. The van der Waals surface area contributed by atoms with Crippen molar-refractivity contribution in [2.45, 2.75) is 38.9 Å². The summed E-state index contributed by atoms with van der Waals surface area (Å²) in [4.78, 5) is 0. The summed E-state index contributed by atoms with van der Waals surface area (Å²) in [6.45, 7) is 3.73. The van der Waals surface area contributed by atoms with Crippen LogP contribution < -0.4 is 0 Å². The van der Waals surface area contributed by atoms with E-state index in [9.17, 15) is 9.67 Å². The standard InChI is InChI=1S/C9H16O3P/c1-7(2)12-13(11)6-8-3-4-9(10)5-8/h5,7,9-10H,3-4,6H2,1-2H3/q+1. The number of allylic oxidation sites excluding steroid dienone is 1. The summed E-state index contributed by atoms with van der Waals surface area (Å²) < 4.78 is 16.5. The minimum absolute atomic E-state index is 0.00976. The van der Waals surface area contributed by atoms with E-state index in [0.29, 0.717) is 6.16 Å². The van der Waals surface area contributed by atoms with Gasteiger partial charge in [0, 0.05) is 0 Å². The van der Waals surface area contributed by atoms with Crippen LogP contribution in [0.25, 0.3) is 0 Å². The molecule has 1 N–H and O–H groups in total. The molecule has 0 spiro atoms. The van der Waals surface area contributed by atoms with Gasteiger partial charge in [-0.25, -0.2) is 0 Å². The molecular formula is C9H16O3P+. The van der Waals surface area contributed by atoms with Gasteiger partial charge in [-0.2, -0.15) is 0 Å². The van der Waals surface area contributed by atoms with Gasteiger partial charge in [-0.1, -0.05) is 6.08 Å². The minimum atomic E-state index is -1.58. The van der Waals surface area contributed by atoms with Gasteiger partial charge in [0.1, 0.15) is 6.10 Å². The molecule has 0 aromatic carbocycles. The third-order valence-electron chi connectivity index (χ3n) is 1.85. The van der Waals surface area contributed by atoms with E-state index < -0.39 is 8.03 Å². The molecule has 13 heavy (non-hydrogen) atoms. The van der Waals surface area contributed by atoms with Crippen LogP contribution in [0.2, 0.25) is 0 Å². The molecule has 3 nitrogen and oxygen atoms in total. The van der Waals surface area contributed by atoms with E-state index in [1.807, 2.05) is 13.8 Å². The Hall–Kier alpha value is -0.240. The van der Waals surface area contributed by atoms with E-state index in [1.54, 1.807) is 6.08 Å². The van der Waals surface area contributed by atoms with E-state index in [4.69, 9.17) is 4.52 Å². The molecule has 1 aliphatic rings. The normalized spacial score (nSPS) is 23.5. The molecule has 0 heterocycles. The molecule has 74 valence electrons. The Balaban J connectivity index is 2.32. The van der Waals surface area contributed by atoms with Crippen molar-refractivity contribution in [3.63, 3.8) is 0 Å². The van der Waals surface area contributed by atoms with Crippen molar-refractivity contribution in [2.75, 3.05) is 6.16 Å². The molecule has 0 aliphatic heterocycles. The first-order chi connectivity index (χ1) is 6.08. The molecule has 0 aromatic rings. The predicted octanol–water partition coefficient (Wildman–Crippen LogP) is 2.23. The molecule has 2 unspecified atom stereocenters. The van der Waals surface area contributed by atoms with Gasteiger partial charge in [0.05, 0.1) is 6.10 Å². The summed E-state index contributed by atoms with van der Waals surface area (Å²) in [5.41, 5.74) is 1.06. The Morgan fingerprint density at radius 2 is 2.46 bits per heavy atom. The summed E-state index contributed by atoms with van der Waals surface area (Å²) in [7, 11) is -1.58. The lowest BCUT2D eigenvalue weighted by atomic mass is 10.3. The second-order valence-corrected chi connectivity index (χ2v) is 4.77. The van der Waals surface area contributed by atoms with Gasteiger partial charge in [-0.15, -0.1) is 4.52 Å². The molecule has 1 aliphatic carbocycles. The van der Waals surface area contributed by atoms with Gasteiger partial charge < -0.3 is 5.11 Å². The molecule has 0 saturated heterocycles. The molecule has 0 saturated carbocycles. The van der Waals surface area contributed by atoms with E-state index >= 15 is 0 Å². The van der Waals surface area contributed by atoms with Crippen LogP contribution in [0.3, 0.4) is 0 Å². The number of aliphatic hydroxyl groups is 1. The number of rotatable bonds is 4. The Morgan fingerprint density at radius 3 is 2.92 bits per heavy atom. The molecular weight excluding hydrogens is 187 g/mol. The fourth-order valence-corrected chi connectivity index (χ4v) is 2.48. The highest BCUT2D eigenvalue weighted by atomic mass is 31.1. The first-order valence-corrected chi connectivity index (χ1v) is 5.93. The molecule has 0 aromatic heterocycles. The predicted molar refractivity (Wildman–Crippen MR) is 52.0 cm³/mol. The quantitative estimate of drug-likeness (QED) is 0.563. The van der Waals surface area contributed by atoms with Gasteiger partial charge in [-0.05, 0) is 36.8 Å². The first-order valence-electron chi connectivity index (χ1n) is 4.57. The van der Waals surface area contributed by atoms with Crippen LogP contribution in [0, 0.1) is 0 Å². The van der Waals surface area contributed by atoms with Crippen LogP contribution in [0.1, 0.15) is 26.7 Å². The lowest BCUT2D eigenvalue weighted by Crippen LogP contribution is -1.96. The second kappa shape index (κ2) is 4.85. The van der Waals surface area contributed by atoms with Gasteiger partial charge in [-0.3, -0.25) is 0 Å². The molecule has 0 amide bonds. The van der Waals surface area contributed by atoms with Crippen LogP contribution in [0.4, 0.5) is 0 Å². The van der Waals surface area contributed by atoms with Gasteiger partial charge in [0.15, 0.2) is 6.16 Å². The largest absolute Gasteiger partial charge is 0.512 e. The average Bonchev–Trinajstić information content (AvgIpc) is 2.33. The van der Waals surface area contributed by atoms with Gasteiger partial charge in [0.25, 0.3) is 0 Å².